The van der Waals surface area contributed by atoms with E-state index in [9.17, 15) is 19.7 Å². The third-order valence-electron chi connectivity index (χ3n) is 4.45. The molecule has 0 unspecified atom stereocenters. The molecule has 3 heterocycles. The van der Waals surface area contributed by atoms with Gasteiger partial charge in [-0.05, 0) is 31.0 Å². The van der Waals surface area contributed by atoms with Gasteiger partial charge < -0.3 is 9.80 Å². The van der Waals surface area contributed by atoms with E-state index in [2.05, 4.69) is 6.92 Å². The molecule has 26 heavy (non-hydrogen) atoms. The fourth-order valence-corrected chi connectivity index (χ4v) is 4.81. The minimum Gasteiger partial charge on any atom is -0.334 e. The SMILES string of the molecule is CCc1cc(C(=O)N2CCN(C(=O)c3ccc([N+](=O)[O-])s3)CC2)sc1C. The van der Waals surface area contributed by atoms with Gasteiger partial charge in [-0.25, -0.2) is 0 Å². The lowest BCUT2D eigenvalue weighted by atomic mass is 10.2. The second-order valence-corrected chi connectivity index (χ2v) is 8.34. The maximum atomic E-state index is 12.7. The second-order valence-electron chi connectivity index (χ2n) is 6.03. The number of amides is 2. The predicted molar refractivity (Wildman–Crippen MR) is 101 cm³/mol. The molecular weight excluding hydrogens is 374 g/mol. The molecule has 1 fully saturated rings. The second kappa shape index (κ2) is 7.55. The van der Waals surface area contributed by atoms with Crippen LogP contribution in [0.3, 0.4) is 0 Å². The molecule has 0 bridgehead atoms. The van der Waals surface area contributed by atoms with Crippen molar-refractivity contribution in [3.05, 3.63) is 48.5 Å². The molecule has 0 radical (unpaired) electrons. The first-order valence-corrected chi connectivity index (χ1v) is 9.96. The molecule has 1 saturated heterocycles. The quantitative estimate of drug-likeness (QED) is 0.590. The van der Waals surface area contributed by atoms with Gasteiger partial charge >= 0.3 is 5.00 Å². The molecule has 9 heteroatoms. The van der Waals surface area contributed by atoms with Crippen molar-refractivity contribution in [3.63, 3.8) is 0 Å². The maximum Gasteiger partial charge on any atom is 0.324 e. The van der Waals surface area contributed by atoms with E-state index in [1.54, 1.807) is 9.80 Å². The van der Waals surface area contributed by atoms with Crippen LogP contribution in [0.1, 0.15) is 36.7 Å². The van der Waals surface area contributed by atoms with Crippen LogP contribution in [0.25, 0.3) is 0 Å². The molecule has 2 aromatic heterocycles. The van der Waals surface area contributed by atoms with Crippen LogP contribution >= 0.6 is 22.7 Å². The Morgan fingerprint density at radius 3 is 2.12 bits per heavy atom. The van der Waals surface area contributed by atoms with Crippen molar-refractivity contribution in [3.8, 4) is 0 Å². The largest absolute Gasteiger partial charge is 0.334 e. The molecule has 3 rings (SSSR count). The van der Waals surface area contributed by atoms with E-state index in [4.69, 9.17) is 0 Å². The Kier molecular flexibility index (Phi) is 5.38. The zero-order valence-corrected chi connectivity index (χ0v) is 16.2. The highest BCUT2D eigenvalue weighted by Gasteiger charge is 2.28. The van der Waals surface area contributed by atoms with E-state index in [1.165, 1.54) is 33.9 Å². The summed E-state index contributed by atoms with van der Waals surface area (Å²) in [7, 11) is 0. The van der Waals surface area contributed by atoms with Crippen molar-refractivity contribution in [2.75, 3.05) is 26.2 Å². The number of hydrogen-bond acceptors (Lipinski definition) is 6. The zero-order chi connectivity index (χ0) is 18.8. The number of aryl methyl sites for hydroxylation is 2. The van der Waals surface area contributed by atoms with Gasteiger partial charge in [0.2, 0.25) is 0 Å². The summed E-state index contributed by atoms with van der Waals surface area (Å²) >= 11 is 2.40. The Balaban J connectivity index is 1.61. The van der Waals surface area contributed by atoms with Crippen LogP contribution in [0.15, 0.2) is 18.2 Å². The first-order chi connectivity index (χ1) is 12.4. The number of carbonyl (C=O) groups excluding carboxylic acids is 2. The molecule has 0 spiro atoms. The number of hydrogen-bond donors (Lipinski definition) is 0. The Hall–Kier alpha value is -2.26. The summed E-state index contributed by atoms with van der Waals surface area (Å²) in [6.45, 7) is 5.90. The van der Waals surface area contributed by atoms with Crippen LogP contribution in [-0.4, -0.2) is 52.7 Å². The molecule has 0 saturated carbocycles. The topological polar surface area (TPSA) is 83.8 Å². The molecule has 0 aromatic carbocycles. The lowest BCUT2D eigenvalue weighted by molar-refractivity contribution is -0.380. The number of thiophene rings is 2. The minimum absolute atomic E-state index is 0.0108. The summed E-state index contributed by atoms with van der Waals surface area (Å²) < 4.78 is 0. The summed E-state index contributed by atoms with van der Waals surface area (Å²) in [5.41, 5.74) is 1.20. The molecule has 0 atom stereocenters. The summed E-state index contributed by atoms with van der Waals surface area (Å²) in [6.07, 6.45) is 0.908. The van der Waals surface area contributed by atoms with Crippen LogP contribution in [0.2, 0.25) is 0 Å². The van der Waals surface area contributed by atoms with Crippen LogP contribution in [-0.2, 0) is 6.42 Å². The highest BCUT2D eigenvalue weighted by atomic mass is 32.1. The number of nitro groups is 1. The maximum absolute atomic E-state index is 12.7. The third-order valence-corrected chi connectivity index (χ3v) is 6.55. The molecule has 0 N–H and O–H groups in total. The zero-order valence-electron chi connectivity index (χ0n) is 14.6. The highest BCUT2D eigenvalue weighted by Crippen LogP contribution is 2.26. The van der Waals surface area contributed by atoms with Crippen molar-refractivity contribution in [2.24, 2.45) is 0 Å². The van der Waals surface area contributed by atoms with E-state index in [0.717, 1.165) is 22.6 Å². The first kappa shape index (κ1) is 18.5. The first-order valence-electron chi connectivity index (χ1n) is 8.32. The number of carbonyl (C=O) groups is 2. The van der Waals surface area contributed by atoms with Crippen LogP contribution in [0, 0.1) is 17.0 Å². The smallest absolute Gasteiger partial charge is 0.324 e. The Morgan fingerprint density at radius 1 is 1.08 bits per heavy atom. The van der Waals surface area contributed by atoms with Gasteiger partial charge in [-0.1, -0.05) is 18.3 Å². The van der Waals surface area contributed by atoms with Gasteiger partial charge in [-0.15, -0.1) is 11.3 Å². The average molecular weight is 393 g/mol. The van der Waals surface area contributed by atoms with Gasteiger partial charge in [-0.3, -0.25) is 19.7 Å². The summed E-state index contributed by atoms with van der Waals surface area (Å²) in [5.74, 6) is -0.202. The summed E-state index contributed by atoms with van der Waals surface area (Å²) in [4.78, 5) is 41.1. The molecule has 7 nitrogen and oxygen atoms in total. The molecule has 0 aliphatic carbocycles. The molecule has 1 aliphatic rings. The van der Waals surface area contributed by atoms with Gasteiger partial charge in [0.15, 0.2) is 0 Å². The standard InChI is InChI=1S/C17H19N3O4S2/c1-3-12-10-14(25-11(12)2)17(22)19-8-6-18(7-9-19)16(21)13-4-5-15(26-13)20(23)24/h4-5,10H,3,6-9H2,1-2H3. The summed E-state index contributed by atoms with van der Waals surface area (Å²) in [5, 5.41) is 10.7. The van der Waals surface area contributed by atoms with Crippen LogP contribution in [0.4, 0.5) is 5.00 Å². The van der Waals surface area contributed by atoms with Gasteiger partial charge in [0.05, 0.1) is 14.7 Å². The monoisotopic (exact) mass is 393 g/mol. The van der Waals surface area contributed by atoms with Crippen molar-refractivity contribution >= 4 is 39.5 Å². The van der Waals surface area contributed by atoms with E-state index in [1.807, 2.05) is 13.0 Å². The van der Waals surface area contributed by atoms with Crippen molar-refractivity contribution in [1.82, 2.24) is 9.80 Å². The van der Waals surface area contributed by atoms with E-state index >= 15 is 0 Å². The number of piperazine rings is 1. The van der Waals surface area contributed by atoms with Gasteiger partial charge in [0.1, 0.15) is 0 Å². The van der Waals surface area contributed by atoms with E-state index < -0.39 is 4.92 Å². The number of nitrogens with zero attached hydrogens (tertiary/aromatic N) is 3. The average Bonchev–Trinajstić information content (AvgIpc) is 3.27. The molecule has 138 valence electrons. The third kappa shape index (κ3) is 3.63. The van der Waals surface area contributed by atoms with Gasteiger partial charge in [-0.2, -0.15) is 0 Å². The van der Waals surface area contributed by atoms with E-state index in [0.29, 0.717) is 31.1 Å². The molecule has 1 aliphatic heterocycles. The molecule has 2 amide bonds. The Bertz CT molecular complexity index is 850. The van der Waals surface area contributed by atoms with Gasteiger partial charge in [0, 0.05) is 37.1 Å². The minimum atomic E-state index is -0.494. The lowest BCUT2D eigenvalue weighted by Gasteiger charge is -2.34. The molecule has 2 aromatic rings. The van der Waals surface area contributed by atoms with Crippen molar-refractivity contribution < 1.29 is 14.5 Å². The predicted octanol–water partition coefficient (Wildman–Crippen LogP) is 3.19. The van der Waals surface area contributed by atoms with E-state index in [-0.39, 0.29) is 16.8 Å². The summed E-state index contributed by atoms with van der Waals surface area (Å²) in [6, 6.07) is 4.80. The van der Waals surface area contributed by atoms with Crippen molar-refractivity contribution in [1.29, 1.82) is 0 Å². The van der Waals surface area contributed by atoms with Crippen LogP contribution in [0.5, 0.6) is 0 Å². The van der Waals surface area contributed by atoms with Gasteiger partial charge in [0.25, 0.3) is 11.8 Å². The highest BCUT2D eigenvalue weighted by molar-refractivity contribution is 7.17. The fourth-order valence-electron chi connectivity index (χ4n) is 2.94. The number of rotatable bonds is 4. The fraction of sp³-hybridized carbons (Fsp3) is 0.412. The lowest BCUT2D eigenvalue weighted by Crippen LogP contribution is -2.50. The Morgan fingerprint density at radius 2 is 1.65 bits per heavy atom. The Labute approximate surface area is 159 Å². The van der Waals surface area contributed by atoms with Crippen LogP contribution < -0.4 is 0 Å². The normalized spacial score (nSPS) is 14.5. The molecular formula is C17H19N3O4S2. The van der Waals surface area contributed by atoms with Crippen molar-refractivity contribution in [2.45, 2.75) is 20.3 Å².